The van der Waals surface area contributed by atoms with E-state index in [1.54, 1.807) is 4.52 Å². The molecule has 0 spiro atoms. The number of aromatic nitrogens is 4. The molecule has 0 fully saturated rings. The molecule has 0 aliphatic rings. The van der Waals surface area contributed by atoms with E-state index in [9.17, 15) is 4.79 Å². The Hall–Kier alpha value is -1.64. The van der Waals surface area contributed by atoms with Crippen LogP contribution in [0.25, 0.3) is 5.78 Å². The van der Waals surface area contributed by atoms with Gasteiger partial charge in [0.1, 0.15) is 0 Å². The second-order valence-electron chi connectivity index (χ2n) is 6.19. The summed E-state index contributed by atoms with van der Waals surface area (Å²) >= 11 is 9.00. The first-order valence-electron chi connectivity index (χ1n) is 8.71. The van der Waals surface area contributed by atoms with Crippen LogP contribution in [0.4, 0.5) is 0 Å². The summed E-state index contributed by atoms with van der Waals surface area (Å²) in [7, 11) is 0. The predicted molar refractivity (Wildman–Crippen MR) is 111 cm³/mol. The number of fused-ring (bicyclic) bond motifs is 1. The third-order valence-electron chi connectivity index (χ3n) is 4.51. The zero-order chi connectivity index (χ0) is 19.6. The molecule has 0 bridgehead atoms. The lowest BCUT2D eigenvalue weighted by atomic mass is 10.1. The Kier molecular flexibility index (Phi) is 6.39. The fraction of sp³-hybridized carbons (Fsp3) is 0.444. The highest BCUT2D eigenvalue weighted by molar-refractivity contribution is 7.98. The van der Waals surface area contributed by atoms with Crippen LogP contribution in [-0.2, 0) is 17.8 Å². The van der Waals surface area contributed by atoms with Gasteiger partial charge >= 0.3 is 0 Å². The number of thioether (sulfide) groups is 1. The molecule has 0 atom stereocenters. The molecule has 0 aliphatic carbocycles. The molecule has 0 aromatic carbocycles. The van der Waals surface area contributed by atoms with Gasteiger partial charge in [-0.1, -0.05) is 23.4 Å². The summed E-state index contributed by atoms with van der Waals surface area (Å²) in [6, 6.07) is 3.84. The minimum absolute atomic E-state index is 0.129. The molecule has 0 N–H and O–H groups in total. The lowest BCUT2D eigenvalue weighted by Crippen LogP contribution is -2.30. The molecule has 1 amide bonds. The van der Waals surface area contributed by atoms with Crippen LogP contribution in [0, 0.1) is 13.8 Å². The highest BCUT2D eigenvalue weighted by atomic mass is 35.5. The number of nitrogens with zero attached hydrogens (tertiary/aromatic N) is 5. The Morgan fingerprint density at radius 2 is 2.11 bits per heavy atom. The summed E-state index contributed by atoms with van der Waals surface area (Å²) < 4.78 is 2.51. The van der Waals surface area contributed by atoms with E-state index in [0.29, 0.717) is 36.9 Å². The molecular formula is C18H22ClN5OS2. The molecule has 0 radical (unpaired) electrons. The summed E-state index contributed by atoms with van der Waals surface area (Å²) in [4.78, 5) is 24.6. The van der Waals surface area contributed by atoms with Gasteiger partial charge in [0, 0.05) is 29.2 Å². The highest BCUT2D eigenvalue weighted by Gasteiger charge is 2.17. The summed E-state index contributed by atoms with van der Waals surface area (Å²) in [5.41, 5.74) is 2.95. The second kappa shape index (κ2) is 8.58. The van der Waals surface area contributed by atoms with Crippen LogP contribution in [-0.4, -0.2) is 43.2 Å². The van der Waals surface area contributed by atoms with Crippen molar-refractivity contribution in [2.45, 2.75) is 45.3 Å². The van der Waals surface area contributed by atoms with Crippen molar-refractivity contribution < 1.29 is 4.79 Å². The number of hydrogen-bond donors (Lipinski definition) is 0. The molecule has 3 rings (SSSR count). The van der Waals surface area contributed by atoms with Gasteiger partial charge in [-0.15, -0.1) is 16.4 Å². The molecular weight excluding hydrogens is 402 g/mol. The maximum absolute atomic E-state index is 12.7. The van der Waals surface area contributed by atoms with Crippen molar-refractivity contribution >= 4 is 46.4 Å². The number of carbonyl (C=O) groups is 1. The molecule has 3 aromatic heterocycles. The molecule has 3 aromatic rings. The maximum Gasteiger partial charge on any atom is 0.253 e. The van der Waals surface area contributed by atoms with Crippen molar-refractivity contribution in [3.63, 3.8) is 0 Å². The number of halogens is 1. The van der Waals surface area contributed by atoms with Gasteiger partial charge in [0.2, 0.25) is 11.1 Å². The molecule has 27 heavy (non-hydrogen) atoms. The van der Waals surface area contributed by atoms with Gasteiger partial charge in [-0.25, -0.2) is 9.50 Å². The smallest absolute Gasteiger partial charge is 0.253 e. The topological polar surface area (TPSA) is 63.4 Å². The SMILES string of the molecule is CCN(Cc1ccc(Cl)s1)C(=O)CCc1c(C)nc2nc(SC)nn2c1C. The van der Waals surface area contributed by atoms with Crippen molar-refractivity contribution in [1.29, 1.82) is 0 Å². The predicted octanol–water partition coefficient (Wildman–Crippen LogP) is 4.16. The Bertz CT molecular complexity index is 968. The van der Waals surface area contributed by atoms with E-state index in [4.69, 9.17) is 11.6 Å². The van der Waals surface area contributed by atoms with E-state index < -0.39 is 0 Å². The van der Waals surface area contributed by atoms with Gasteiger partial charge in [0.25, 0.3) is 5.78 Å². The van der Waals surface area contributed by atoms with Crippen LogP contribution in [0.5, 0.6) is 0 Å². The summed E-state index contributed by atoms with van der Waals surface area (Å²) in [6.45, 7) is 7.24. The van der Waals surface area contributed by atoms with Gasteiger partial charge in [0.05, 0.1) is 10.9 Å². The van der Waals surface area contributed by atoms with Gasteiger partial charge in [-0.05, 0) is 51.1 Å². The monoisotopic (exact) mass is 423 g/mol. The van der Waals surface area contributed by atoms with Crippen LogP contribution in [0.3, 0.4) is 0 Å². The van der Waals surface area contributed by atoms with Crippen molar-refractivity contribution in [1.82, 2.24) is 24.5 Å². The molecule has 144 valence electrons. The maximum atomic E-state index is 12.7. The van der Waals surface area contributed by atoms with E-state index in [0.717, 1.165) is 26.2 Å². The van der Waals surface area contributed by atoms with Crippen molar-refractivity contribution in [3.8, 4) is 0 Å². The zero-order valence-corrected chi connectivity index (χ0v) is 18.2. The number of aryl methyl sites for hydroxylation is 2. The van der Waals surface area contributed by atoms with Crippen LogP contribution in [0.2, 0.25) is 4.34 Å². The molecule has 3 heterocycles. The largest absolute Gasteiger partial charge is 0.338 e. The van der Waals surface area contributed by atoms with E-state index in [2.05, 4.69) is 15.1 Å². The third-order valence-corrected chi connectivity index (χ3v) is 6.26. The number of carbonyl (C=O) groups excluding carboxylic acids is 1. The fourth-order valence-electron chi connectivity index (χ4n) is 3.03. The highest BCUT2D eigenvalue weighted by Crippen LogP contribution is 2.23. The number of rotatable bonds is 7. The lowest BCUT2D eigenvalue weighted by Gasteiger charge is -2.20. The van der Waals surface area contributed by atoms with Crippen LogP contribution in [0.15, 0.2) is 17.3 Å². The van der Waals surface area contributed by atoms with Crippen LogP contribution in [0.1, 0.15) is 35.2 Å². The first-order valence-corrected chi connectivity index (χ1v) is 11.1. The fourth-order valence-corrected chi connectivity index (χ4v) is 4.47. The Morgan fingerprint density at radius 3 is 2.74 bits per heavy atom. The minimum atomic E-state index is 0.129. The normalized spacial score (nSPS) is 11.3. The Balaban J connectivity index is 1.73. The number of hydrogen-bond acceptors (Lipinski definition) is 6. The van der Waals surface area contributed by atoms with Crippen molar-refractivity contribution in [3.05, 3.63) is 38.3 Å². The van der Waals surface area contributed by atoms with Crippen LogP contribution >= 0.6 is 34.7 Å². The molecule has 0 saturated carbocycles. The van der Waals surface area contributed by atoms with E-state index in [1.165, 1.54) is 23.1 Å². The van der Waals surface area contributed by atoms with Gasteiger partial charge in [-0.2, -0.15) is 4.98 Å². The zero-order valence-electron chi connectivity index (χ0n) is 15.8. The summed E-state index contributed by atoms with van der Waals surface area (Å²) in [6.07, 6.45) is 3.01. The average Bonchev–Trinajstić information content (AvgIpc) is 3.24. The Morgan fingerprint density at radius 1 is 1.33 bits per heavy atom. The van der Waals surface area contributed by atoms with Gasteiger partial charge in [0.15, 0.2) is 0 Å². The van der Waals surface area contributed by atoms with Crippen molar-refractivity contribution in [2.24, 2.45) is 0 Å². The van der Waals surface area contributed by atoms with E-state index in [1.807, 2.05) is 44.1 Å². The quantitative estimate of drug-likeness (QED) is 0.534. The molecule has 0 aliphatic heterocycles. The Labute approximate surface area is 172 Å². The minimum Gasteiger partial charge on any atom is -0.338 e. The third kappa shape index (κ3) is 4.44. The van der Waals surface area contributed by atoms with E-state index >= 15 is 0 Å². The van der Waals surface area contributed by atoms with Gasteiger partial charge in [-0.3, -0.25) is 4.79 Å². The molecule has 0 unspecified atom stereocenters. The van der Waals surface area contributed by atoms with Crippen LogP contribution < -0.4 is 0 Å². The molecule has 0 saturated heterocycles. The first-order chi connectivity index (χ1) is 12.9. The molecule has 9 heteroatoms. The lowest BCUT2D eigenvalue weighted by molar-refractivity contribution is -0.131. The number of thiophene rings is 1. The average molecular weight is 424 g/mol. The first kappa shape index (κ1) is 20.1. The van der Waals surface area contributed by atoms with Gasteiger partial charge < -0.3 is 4.90 Å². The summed E-state index contributed by atoms with van der Waals surface area (Å²) in [5, 5.41) is 5.17. The standard InChI is InChI=1S/C18H22ClN5OS2/c1-5-23(10-13-6-8-15(19)27-13)16(25)9-7-14-11(2)20-17-21-18(26-4)22-24(17)12(14)3/h6,8H,5,7,9-10H2,1-4H3. The molecule has 6 nitrogen and oxygen atoms in total. The number of amides is 1. The summed E-state index contributed by atoms with van der Waals surface area (Å²) in [5.74, 6) is 0.735. The van der Waals surface area contributed by atoms with Crippen molar-refractivity contribution in [2.75, 3.05) is 12.8 Å². The second-order valence-corrected chi connectivity index (χ2v) is 8.76. The van der Waals surface area contributed by atoms with E-state index in [-0.39, 0.29) is 5.91 Å².